The highest BCUT2D eigenvalue weighted by atomic mass is 16.3. The minimum atomic E-state index is -0.0506. The molecule has 0 saturated carbocycles. The molecule has 0 bridgehead atoms. The van der Waals surface area contributed by atoms with Crippen LogP contribution in [-0.2, 0) is 0 Å². The van der Waals surface area contributed by atoms with E-state index in [4.69, 9.17) is 0 Å². The van der Waals surface area contributed by atoms with Crippen LogP contribution in [0.5, 0.6) is 0 Å². The summed E-state index contributed by atoms with van der Waals surface area (Å²) in [5.74, 6) is 0.697. The van der Waals surface area contributed by atoms with Gasteiger partial charge >= 0.3 is 0 Å². The molecule has 1 unspecified atom stereocenters. The van der Waals surface area contributed by atoms with Crippen molar-refractivity contribution in [3.63, 3.8) is 0 Å². The summed E-state index contributed by atoms with van der Waals surface area (Å²) in [5.41, 5.74) is 0. The molecule has 90 valence electrons. The molecule has 1 atom stereocenters. The molecule has 3 nitrogen and oxygen atoms in total. The van der Waals surface area contributed by atoms with E-state index in [2.05, 4.69) is 31.0 Å². The van der Waals surface area contributed by atoms with Crippen molar-refractivity contribution in [1.82, 2.24) is 10.2 Å². The predicted molar refractivity (Wildman–Crippen MR) is 64.0 cm³/mol. The normalized spacial score (nSPS) is 22.2. The van der Waals surface area contributed by atoms with Crippen LogP contribution < -0.4 is 5.32 Å². The molecule has 0 aromatic heterocycles. The molecule has 0 aromatic carbocycles. The number of hydrogen-bond acceptors (Lipinski definition) is 3. The lowest BCUT2D eigenvalue weighted by Gasteiger charge is -2.31. The summed E-state index contributed by atoms with van der Waals surface area (Å²) in [7, 11) is 0. The van der Waals surface area contributed by atoms with E-state index in [1.165, 1.54) is 0 Å². The fraction of sp³-hybridized carbons (Fsp3) is 1.00. The molecule has 1 rings (SSSR count). The van der Waals surface area contributed by atoms with E-state index >= 15 is 0 Å². The molecule has 0 radical (unpaired) electrons. The van der Waals surface area contributed by atoms with Crippen LogP contribution in [0.25, 0.3) is 0 Å². The van der Waals surface area contributed by atoms with E-state index < -0.39 is 0 Å². The first-order valence-corrected chi connectivity index (χ1v) is 6.21. The molecule has 0 aromatic rings. The van der Waals surface area contributed by atoms with E-state index in [0.717, 1.165) is 39.0 Å². The van der Waals surface area contributed by atoms with Crippen molar-refractivity contribution in [2.45, 2.75) is 45.8 Å². The standard InChI is InChI=1S/C12H26N2O/c1-10(2)13-8-11(3)9-14-6-4-12(15)5-7-14/h10-13,15H,4-9H2,1-3H3. The third-order valence-electron chi connectivity index (χ3n) is 3.00. The summed E-state index contributed by atoms with van der Waals surface area (Å²) in [6.45, 7) is 11.0. The third kappa shape index (κ3) is 5.50. The minimum Gasteiger partial charge on any atom is -0.393 e. The molecule has 0 amide bonds. The number of nitrogens with zero attached hydrogens (tertiary/aromatic N) is 1. The molecule has 15 heavy (non-hydrogen) atoms. The first-order chi connectivity index (χ1) is 7.08. The van der Waals surface area contributed by atoms with Gasteiger partial charge in [-0.15, -0.1) is 0 Å². The predicted octanol–water partition coefficient (Wildman–Crippen LogP) is 1.08. The van der Waals surface area contributed by atoms with Crippen LogP contribution in [-0.4, -0.2) is 48.3 Å². The van der Waals surface area contributed by atoms with Crippen molar-refractivity contribution in [2.24, 2.45) is 5.92 Å². The SMILES string of the molecule is CC(CNC(C)C)CN1CCC(O)CC1. The minimum absolute atomic E-state index is 0.0506. The highest BCUT2D eigenvalue weighted by Gasteiger charge is 2.18. The van der Waals surface area contributed by atoms with E-state index in [-0.39, 0.29) is 6.10 Å². The van der Waals surface area contributed by atoms with Gasteiger partial charge in [-0.05, 0) is 25.3 Å². The van der Waals surface area contributed by atoms with Gasteiger partial charge in [0.1, 0.15) is 0 Å². The quantitative estimate of drug-likeness (QED) is 0.719. The Hall–Kier alpha value is -0.120. The monoisotopic (exact) mass is 214 g/mol. The number of rotatable bonds is 5. The molecule has 1 saturated heterocycles. The molecule has 3 heteroatoms. The summed E-state index contributed by atoms with van der Waals surface area (Å²) >= 11 is 0. The smallest absolute Gasteiger partial charge is 0.0564 e. The Bertz CT molecular complexity index is 165. The van der Waals surface area contributed by atoms with Gasteiger partial charge in [0.25, 0.3) is 0 Å². The summed E-state index contributed by atoms with van der Waals surface area (Å²) < 4.78 is 0. The van der Waals surface area contributed by atoms with Gasteiger partial charge in [-0.3, -0.25) is 0 Å². The number of aliphatic hydroxyl groups excluding tert-OH is 1. The Morgan fingerprint density at radius 1 is 1.27 bits per heavy atom. The van der Waals surface area contributed by atoms with Crippen LogP contribution in [0.4, 0.5) is 0 Å². The first-order valence-electron chi connectivity index (χ1n) is 6.21. The Morgan fingerprint density at radius 2 is 1.87 bits per heavy atom. The van der Waals surface area contributed by atoms with E-state index in [1.54, 1.807) is 0 Å². The van der Waals surface area contributed by atoms with Crippen LogP contribution in [0.3, 0.4) is 0 Å². The summed E-state index contributed by atoms with van der Waals surface area (Å²) in [4.78, 5) is 2.47. The van der Waals surface area contributed by atoms with Gasteiger partial charge in [-0.1, -0.05) is 20.8 Å². The van der Waals surface area contributed by atoms with Crippen LogP contribution in [0.2, 0.25) is 0 Å². The van der Waals surface area contributed by atoms with Crippen molar-refractivity contribution < 1.29 is 5.11 Å². The van der Waals surface area contributed by atoms with Gasteiger partial charge in [0, 0.05) is 25.7 Å². The number of hydrogen-bond donors (Lipinski definition) is 2. The summed E-state index contributed by atoms with van der Waals surface area (Å²) in [6.07, 6.45) is 1.85. The Balaban J connectivity index is 2.12. The number of nitrogens with one attached hydrogen (secondary N) is 1. The van der Waals surface area contributed by atoms with Crippen LogP contribution in [0.15, 0.2) is 0 Å². The van der Waals surface area contributed by atoms with Gasteiger partial charge in [0.15, 0.2) is 0 Å². The maximum atomic E-state index is 9.40. The second-order valence-corrected chi connectivity index (χ2v) is 5.20. The average Bonchev–Trinajstić information content (AvgIpc) is 2.19. The van der Waals surface area contributed by atoms with Crippen LogP contribution >= 0.6 is 0 Å². The number of likely N-dealkylation sites (tertiary alicyclic amines) is 1. The summed E-state index contributed by atoms with van der Waals surface area (Å²) in [6, 6.07) is 0.579. The van der Waals surface area contributed by atoms with Crippen molar-refractivity contribution in [1.29, 1.82) is 0 Å². The van der Waals surface area contributed by atoms with E-state index in [0.29, 0.717) is 12.0 Å². The average molecular weight is 214 g/mol. The molecular weight excluding hydrogens is 188 g/mol. The largest absolute Gasteiger partial charge is 0.393 e. The second-order valence-electron chi connectivity index (χ2n) is 5.20. The molecule has 0 spiro atoms. The van der Waals surface area contributed by atoms with Gasteiger partial charge in [0.2, 0.25) is 0 Å². The summed E-state index contributed by atoms with van der Waals surface area (Å²) in [5, 5.41) is 12.9. The lowest BCUT2D eigenvalue weighted by molar-refractivity contribution is 0.0758. The van der Waals surface area contributed by atoms with Gasteiger partial charge < -0.3 is 15.3 Å². The number of piperidine rings is 1. The zero-order valence-electron chi connectivity index (χ0n) is 10.4. The van der Waals surface area contributed by atoms with Gasteiger partial charge in [-0.25, -0.2) is 0 Å². The zero-order valence-corrected chi connectivity index (χ0v) is 10.4. The van der Waals surface area contributed by atoms with Gasteiger partial charge in [-0.2, -0.15) is 0 Å². The fourth-order valence-electron chi connectivity index (χ4n) is 2.04. The van der Waals surface area contributed by atoms with Crippen LogP contribution in [0.1, 0.15) is 33.6 Å². The van der Waals surface area contributed by atoms with Crippen molar-refractivity contribution in [3.05, 3.63) is 0 Å². The maximum absolute atomic E-state index is 9.40. The zero-order chi connectivity index (χ0) is 11.3. The first kappa shape index (κ1) is 12.9. The van der Waals surface area contributed by atoms with E-state index in [1.807, 2.05) is 0 Å². The Morgan fingerprint density at radius 3 is 2.40 bits per heavy atom. The Labute approximate surface area is 93.9 Å². The maximum Gasteiger partial charge on any atom is 0.0564 e. The molecule has 0 aliphatic carbocycles. The fourth-order valence-corrected chi connectivity index (χ4v) is 2.04. The van der Waals surface area contributed by atoms with Gasteiger partial charge in [0.05, 0.1) is 6.10 Å². The topological polar surface area (TPSA) is 35.5 Å². The van der Waals surface area contributed by atoms with E-state index in [9.17, 15) is 5.11 Å². The van der Waals surface area contributed by atoms with Crippen molar-refractivity contribution in [2.75, 3.05) is 26.2 Å². The molecular formula is C12H26N2O. The van der Waals surface area contributed by atoms with Crippen molar-refractivity contribution >= 4 is 0 Å². The Kier molecular flexibility index (Phi) is 5.58. The van der Waals surface area contributed by atoms with Crippen molar-refractivity contribution in [3.8, 4) is 0 Å². The molecule has 1 fully saturated rings. The molecule has 2 N–H and O–H groups in total. The third-order valence-corrected chi connectivity index (χ3v) is 3.00. The molecule has 1 aliphatic heterocycles. The molecule has 1 heterocycles. The highest BCUT2D eigenvalue weighted by Crippen LogP contribution is 2.11. The second kappa shape index (κ2) is 6.46. The van der Waals surface area contributed by atoms with Crippen LogP contribution in [0, 0.1) is 5.92 Å². The highest BCUT2D eigenvalue weighted by molar-refractivity contribution is 4.73. The molecule has 1 aliphatic rings. The lowest BCUT2D eigenvalue weighted by Crippen LogP contribution is -2.40. The number of aliphatic hydroxyl groups is 1. The lowest BCUT2D eigenvalue weighted by atomic mass is 10.1.